The van der Waals surface area contributed by atoms with Gasteiger partial charge >= 0.3 is 5.97 Å². The summed E-state index contributed by atoms with van der Waals surface area (Å²) in [6, 6.07) is 0. The number of carboxylic acid groups (broad SMARTS) is 1. The van der Waals surface area contributed by atoms with E-state index < -0.39 is 5.97 Å². The molecule has 2 nitrogen and oxygen atoms in total. The summed E-state index contributed by atoms with van der Waals surface area (Å²) in [5, 5.41) is 9.15. The Labute approximate surface area is 100 Å². The molecule has 0 heterocycles. The fourth-order valence-electron chi connectivity index (χ4n) is 2.00. The fraction of sp³-hybridized carbons (Fsp3) is 0.929. The van der Waals surface area contributed by atoms with Crippen molar-refractivity contribution in [1.82, 2.24) is 0 Å². The van der Waals surface area contributed by atoms with Crippen LogP contribution in [0.25, 0.3) is 0 Å². The summed E-state index contributed by atoms with van der Waals surface area (Å²) >= 11 is 0. The summed E-state index contributed by atoms with van der Waals surface area (Å²) < 4.78 is 0. The van der Waals surface area contributed by atoms with Gasteiger partial charge in [-0.25, -0.2) is 0 Å². The van der Waals surface area contributed by atoms with Crippen LogP contribution in [0.2, 0.25) is 0 Å². The summed E-state index contributed by atoms with van der Waals surface area (Å²) in [5.41, 5.74) is 0.112. The maximum Gasteiger partial charge on any atom is 0.306 e. The second kappa shape index (κ2) is 6.93. The molecule has 0 aromatic heterocycles. The minimum Gasteiger partial charge on any atom is -0.481 e. The van der Waals surface area contributed by atoms with Gasteiger partial charge in [-0.3, -0.25) is 4.79 Å². The third-order valence-electron chi connectivity index (χ3n) is 2.79. The molecule has 0 radical (unpaired) electrons. The van der Waals surface area contributed by atoms with Crippen molar-refractivity contribution in [3.63, 3.8) is 0 Å². The van der Waals surface area contributed by atoms with E-state index in [2.05, 4.69) is 34.6 Å². The molecule has 0 saturated carbocycles. The van der Waals surface area contributed by atoms with E-state index in [1.807, 2.05) is 0 Å². The molecule has 1 atom stereocenters. The van der Waals surface area contributed by atoms with Gasteiger partial charge in [-0.05, 0) is 24.2 Å². The van der Waals surface area contributed by atoms with E-state index in [0.717, 1.165) is 31.6 Å². The Bertz CT molecular complexity index is 201. The van der Waals surface area contributed by atoms with Crippen LogP contribution in [0.4, 0.5) is 0 Å². The number of carboxylic acids is 1. The summed E-state index contributed by atoms with van der Waals surface area (Å²) in [6.07, 6.45) is 5.03. The lowest BCUT2D eigenvalue weighted by Crippen LogP contribution is -2.20. The minimum atomic E-state index is -0.625. The van der Waals surface area contributed by atoms with Crippen molar-refractivity contribution in [2.75, 3.05) is 0 Å². The first kappa shape index (κ1) is 15.5. The number of hydrogen-bond donors (Lipinski definition) is 1. The quantitative estimate of drug-likeness (QED) is 0.658. The van der Waals surface area contributed by atoms with Crippen LogP contribution in [-0.2, 0) is 4.79 Å². The van der Waals surface area contributed by atoms with E-state index in [1.165, 1.54) is 6.42 Å². The third-order valence-corrected chi connectivity index (χ3v) is 2.79. The third kappa shape index (κ3) is 8.75. The molecule has 0 aliphatic rings. The molecule has 0 saturated heterocycles. The first-order chi connectivity index (χ1) is 7.22. The summed E-state index contributed by atoms with van der Waals surface area (Å²) in [6.45, 7) is 10.7. The predicted molar refractivity (Wildman–Crippen MR) is 68.5 cm³/mol. The summed E-state index contributed by atoms with van der Waals surface area (Å²) in [5.74, 6) is -0.0578. The van der Waals surface area contributed by atoms with Crippen LogP contribution in [0.1, 0.15) is 66.7 Å². The average Bonchev–Trinajstić information content (AvgIpc) is 2.07. The van der Waals surface area contributed by atoms with Gasteiger partial charge in [0.05, 0.1) is 5.92 Å². The molecule has 0 aliphatic heterocycles. The minimum absolute atomic E-state index is 0.112. The van der Waals surface area contributed by atoms with Crippen LogP contribution in [0.15, 0.2) is 0 Å². The van der Waals surface area contributed by atoms with Crippen molar-refractivity contribution in [1.29, 1.82) is 0 Å². The molecular formula is C14H28O2. The smallest absolute Gasteiger partial charge is 0.306 e. The molecular weight excluding hydrogens is 200 g/mol. The zero-order valence-corrected chi connectivity index (χ0v) is 11.5. The fourth-order valence-corrected chi connectivity index (χ4v) is 2.00. The highest BCUT2D eigenvalue weighted by Crippen LogP contribution is 2.28. The van der Waals surface area contributed by atoms with Gasteiger partial charge in [-0.1, -0.05) is 53.9 Å². The molecule has 0 spiro atoms. The number of hydrogen-bond acceptors (Lipinski definition) is 1. The van der Waals surface area contributed by atoms with E-state index in [9.17, 15) is 4.79 Å². The first-order valence-corrected chi connectivity index (χ1v) is 6.45. The molecule has 1 unspecified atom stereocenters. The van der Waals surface area contributed by atoms with Crippen molar-refractivity contribution >= 4 is 5.97 Å². The molecule has 0 fully saturated rings. The van der Waals surface area contributed by atoms with E-state index >= 15 is 0 Å². The Morgan fingerprint density at radius 2 is 1.62 bits per heavy atom. The van der Waals surface area contributed by atoms with Gasteiger partial charge in [-0.15, -0.1) is 0 Å². The van der Waals surface area contributed by atoms with Crippen molar-refractivity contribution < 1.29 is 9.90 Å². The van der Waals surface area contributed by atoms with Crippen molar-refractivity contribution in [3.05, 3.63) is 0 Å². The van der Waals surface area contributed by atoms with E-state index in [1.54, 1.807) is 0 Å². The van der Waals surface area contributed by atoms with Gasteiger partial charge in [0.15, 0.2) is 0 Å². The Hall–Kier alpha value is -0.530. The Morgan fingerprint density at radius 1 is 1.12 bits per heavy atom. The van der Waals surface area contributed by atoms with Crippen molar-refractivity contribution in [2.24, 2.45) is 17.3 Å². The highest BCUT2D eigenvalue weighted by molar-refractivity contribution is 5.69. The summed E-state index contributed by atoms with van der Waals surface area (Å²) in [7, 11) is 0. The summed E-state index contributed by atoms with van der Waals surface area (Å²) in [4.78, 5) is 11.1. The molecule has 96 valence electrons. The topological polar surface area (TPSA) is 37.3 Å². The molecule has 1 N–H and O–H groups in total. The Morgan fingerprint density at radius 3 is 2.00 bits per heavy atom. The van der Waals surface area contributed by atoms with Gasteiger partial charge in [0.1, 0.15) is 0 Å². The van der Waals surface area contributed by atoms with E-state index in [4.69, 9.17) is 5.11 Å². The SMILES string of the molecule is CC(C)CCCCC(CC(C)(C)C)C(=O)O. The normalized spacial score (nSPS) is 14.1. The first-order valence-electron chi connectivity index (χ1n) is 6.45. The lowest BCUT2D eigenvalue weighted by molar-refractivity contribution is -0.143. The van der Waals surface area contributed by atoms with Crippen LogP contribution >= 0.6 is 0 Å². The monoisotopic (exact) mass is 228 g/mol. The largest absolute Gasteiger partial charge is 0.481 e. The van der Waals surface area contributed by atoms with Gasteiger partial charge < -0.3 is 5.11 Å². The maximum absolute atomic E-state index is 11.1. The molecule has 0 rings (SSSR count). The Balaban J connectivity index is 3.92. The number of unbranched alkanes of at least 4 members (excludes halogenated alkanes) is 1. The number of rotatable bonds is 7. The van der Waals surface area contributed by atoms with Crippen LogP contribution < -0.4 is 0 Å². The number of aliphatic carboxylic acids is 1. The Kier molecular flexibility index (Phi) is 6.70. The van der Waals surface area contributed by atoms with Crippen LogP contribution in [0, 0.1) is 17.3 Å². The highest BCUT2D eigenvalue weighted by Gasteiger charge is 2.23. The second-order valence-electron chi connectivity index (χ2n) is 6.48. The molecule has 0 bridgehead atoms. The zero-order valence-electron chi connectivity index (χ0n) is 11.5. The molecule has 0 aromatic carbocycles. The lowest BCUT2D eigenvalue weighted by atomic mass is 9.82. The van der Waals surface area contributed by atoms with E-state index in [0.29, 0.717) is 0 Å². The highest BCUT2D eigenvalue weighted by atomic mass is 16.4. The maximum atomic E-state index is 11.1. The van der Waals surface area contributed by atoms with Gasteiger partial charge in [0, 0.05) is 0 Å². The zero-order chi connectivity index (χ0) is 12.8. The lowest BCUT2D eigenvalue weighted by Gasteiger charge is -2.23. The van der Waals surface area contributed by atoms with Gasteiger partial charge in [0.2, 0.25) is 0 Å². The van der Waals surface area contributed by atoms with Crippen LogP contribution in [0.3, 0.4) is 0 Å². The number of carbonyl (C=O) groups is 1. The van der Waals surface area contributed by atoms with E-state index in [-0.39, 0.29) is 11.3 Å². The molecule has 16 heavy (non-hydrogen) atoms. The molecule has 0 aliphatic carbocycles. The predicted octanol–water partition coefficient (Wildman–Crippen LogP) is 4.34. The van der Waals surface area contributed by atoms with Crippen LogP contribution in [-0.4, -0.2) is 11.1 Å². The molecule has 2 heteroatoms. The van der Waals surface area contributed by atoms with Gasteiger partial charge in [-0.2, -0.15) is 0 Å². The van der Waals surface area contributed by atoms with Crippen molar-refractivity contribution in [2.45, 2.75) is 66.7 Å². The molecule has 0 amide bonds. The van der Waals surface area contributed by atoms with Gasteiger partial charge in [0.25, 0.3) is 0 Å². The van der Waals surface area contributed by atoms with Crippen LogP contribution in [0.5, 0.6) is 0 Å². The molecule has 0 aromatic rings. The second-order valence-corrected chi connectivity index (χ2v) is 6.48. The average molecular weight is 228 g/mol. The van der Waals surface area contributed by atoms with Crippen molar-refractivity contribution in [3.8, 4) is 0 Å². The standard InChI is InChI=1S/C14H28O2/c1-11(2)8-6-7-9-12(13(15)16)10-14(3,4)5/h11-12H,6-10H2,1-5H3,(H,15,16).